The smallest absolute Gasteiger partial charge is 0.0187 e. The van der Waals surface area contributed by atoms with Crippen molar-refractivity contribution in [3.63, 3.8) is 0 Å². The van der Waals surface area contributed by atoms with Gasteiger partial charge in [-0.05, 0) is 25.9 Å². The Morgan fingerprint density at radius 1 is 0.909 bits per heavy atom. The van der Waals surface area contributed by atoms with E-state index in [2.05, 4.69) is 22.4 Å². The summed E-state index contributed by atoms with van der Waals surface area (Å²) in [6.45, 7) is 4.94. The summed E-state index contributed by atoms with van der Waals surface area (Å²) in [5.74, 6) is 0. The Hall–Kier alpha value is 0.270. The molecule has 0 aliphatic carbocycles. The number of hydrogen-bond donors (Lipinski definition) is 2. The highest BCUT2D eigenvalue weighted by atomic mass is 32.2. The van der Waals surface area contributed by atoms with Crippen LogP contribution in [0.15, 0.2) is 0 Å². The molecule has 0 bridgehead atoms. The van der Waals surface area contributed by atoms with Gasteiger partial charge in [-0.25, -0.2) is 0 Å². The highest BCUT2D eigenvalue weighted by molar-refractivity contribution is 8.00. The predicted octanol–water partition coefficient (Wildman–Crippen LogP) is 0.443. The van der Waals surface area contributed by atoms with Crippen molar-refractivity contribution in [1.29, 1.82) is 0 Å². The fraction of sp³-hybridized carbons (Fsp3) is 1.00. The molecular weight excluding hydrogens is 156 g/mol. The summed E-state index contributed by atoms with van der Waals surface area (Å²) >= 11 is 2.19. The van der Waals surface area contributed by atoms with Gasteiger partial charge in [0.15, 0.2) is 0 Å². The maximum Gasteiger partial charge on any atom is 0.0187 e. The zero-order valence-electron chi connectivity index (χ0n) is 6.81. The SMILES string of the molecule is C1CC(SC2CCNC2)CN1. The molecule has 0 aromatic rings. The minimum Gasteiger partial charge on any atom is -0.316 e. The summed E-state index contributed by atoms with van der Waals surface area (Å²) in [6, 6.07) is 0. The van der Waals surface area contributed by atoms with Crippen LogP contribution in [0, 0.1) is 0 Å². The van der Waals surface area contributed by atoms with Crippen LogP contribution >= 0.6 is 11.8 Å². The first-order valence-corrected chi connectivity index (χ1v) is 5.46. The standard InChI is InChI=1S/C8H16N2S/c1-3-9-5-7(1)11-8-2-4-10-6-8/h7-10H,1-6H2. The van der Waals surface area contributed by atoms with Crippen molar-refractivity contribution in [3.05, 3.63) is 0 Å². The topological polar surface area (TPSA) is 24.1 Å². The lowest BCUT2D eigenvalue weighted by molar-refractivity contribution is 0.854. The second-order valence-corrected chi connectivity index (χ2v) is 4.97. The maximum atomic E-state index is 3.41. The molecule has 2 rings (SSSR count). The lowest BCUT2D eigenvalue weighted by Gasteiger charge is -2.12. The minimum absolute atomic E-state index is 0.903. The van der Waals surface area contributed by atoms with Gasteiger partial charge >= 0.3 is 0 Å². The molecule has 2 N–H and O–H groups in total. The van der Waals surface area contributed by atoms with Crippen molar-refractivity contribution in [2.75, 3.05) is 26.2 Å². The van der Waals surface area contributed by atoms with Gasteiger partial charge in [-0.1, -0.05) is 0 Å². The molecule has 2 nitrogen and oxygen atoms in total. The van der Waals surface area contributed by atoms with E-state index in [0.29, 0.717) is 0 Å². The minimum atomic E-state index is 0.903. The first-order valence-electron chi connectivity index (χ1n) is 4.52. The molecule has 2 aliphatic rings. The van der Waals surface area contributed by atoms with Gasteiger partial charge in [0, 0.05) is 23.6 Å². The van der Waals surface area contributed by atoms with Gasteiger partial charge < -0.3 is 10.6 Å². The van der Waals surface area contributed by atoms with Crippen LogP contribution in [0.3, 0.4) is 0 Å². The quantitative estimate of drug-likeness (QED) is 0.632. The Morgan fingerprint density at radius 2 is 1.45 bits per heavy atom. The van der Waals surface area contributed by atoms with Gasteiger partial charge in [-0.3, -0.25) is 0 Å². The Balaban J connectivity index is 1.71. The second kappa shape index (κ2) is 3.78. The van der Waals surface area contributed by atoms with Crippen LogP contribution in [0.25, 0.3) is 0 Å². The van der Waals surface area contributed by atoms with Crippen molar-refractivity contribution < 1.29 is 0 Å². The van der Waals surface area contributed by atoms with Crippen molar-refractivity contribution in [3.8, 4) is 0 Å². The van der Waals surface area contributed by atoms with Crippen molar-refractivity contribution in [1.82, 2.24) is 10.6 Å². The van der Waals surface area contributed by atoms with Gasteiger partial charge in [-0.2, -0.15) is 11.8 Å². The summed E-state index contributed by atoms with van der Waals surface area (Å²) in [5.41, 5.74) is 0. The number of thioether (sulfide) groups is 1. The largest absolute Gasteiger partial charge is 0.316 e. The molecule has 0 aromatic heterocycles. The van der Waals surface area contributed by atoms with E-state index >= 15 is 0 Å². The zero-order chi connectivity index (χ0) is 7.52. The van der Waals surface area contributed by atoms with E-state index in [1.165, 1.54) is 39.0 Å². The van der Waals surface area contributed by atoms with E-state index in [1.807, 2.05) is 0 Å². The fourth-order valence-corrected chi connectivity index (χ4v) is 3.24. The van der Waals surface area contributed by atoms with Crippen molar-refractivity contribution in [2.45, 2.75) is 23.3 Å². The van der Waals surface area contributed by atoms with E-state index in [0.717, 1.165) is 10.5 Å². The zero-order valence-corrected chi connectivity index (χ0v) is 7.62. The summed E-state index contributed by atoms with van der Waals surface area (Å²) in [7, 11) is 0. The van der Waals surface area contributed by atoms with E-state index in [-0.39, 0.29) is 0 Å². The predicted molar refractivity (Wildman–Crippen MR) is 50.1 cm³/mol. The summed E-state index contributed by atoms with van der Waals surface area (Å²) in [6.07, 6.45) is 2.75. The number of nitrogens with one attached hydrogen (secondary N) is 2. The lowest BCUT2D eigenvalue weighted by Crippen LogP contribution is -2.16. The molecular formula is C8H16N2S. The Labute approximate surface area is 72.5 Å². The molecule has 2 unspecified atom stereocenters. The van der Waals surface area contributed by atoms with E-state index in [1.54, 1.807) is 0 Å². The van der Waals surface area contributed by atoms with Gasteiger partial charge in [0.05, 0.1) is 0 Å². The maximum absolute atomic E-state index is 3.41. The van der Waals surface area contributed by atoms with E-state index in [4.69, 9.17) is 0 Å². The van der Waals surface area contributed by atoms with Crippen LogP contribution in [-0.2, 0) is 0 Å². The summed E-state index contributed by atoms with van der Waals surface area (Å²) in [4.78, 5) is 0. The molecule has 64 valence electrons. The van der Waals surface area contributed by atoms with Crippen molar-refractivity contribution >= 4 is 11.8 Å². The molecule has 3 heteroatoms. The first-order chi connectivity index (χ1) is 5.45. The number of rotatable bonds is 2. The Kier molecular flexibility index (Phi) is 2.72. The monoisotopic (exact) mass is 172 g/mol. The summed E-state index contributed by atoms with van der Waals surface area (Å²) in [5, 5.41) is 8.62. The Bertz CT molecular complexity index is 103. The highest BCUT2D eigenvalue weighted by Gasteiger charge is 2.22. The molecule has 2 atom stereocenters. The molecule has 2 saturated heterocycles. The second-order valence-electron chi connectivity index (χ2n) is 3.37. The lowest BCUT2D eigenvalue weighted by atomic mass is 10.4. The van der Waals surface area contributed by atoms with E-state index < -0.39 is 0 Å². The molecule has 0 saturated carbocycles. The van der Waals surface area contributed by atoms with Gasteiger partial charge in [0.1, 0.15) is 0 Å². The third kappa shape index (κ3) is 2.10. The first kappa shape index (κ1) is 7.90. The van der Waals surface area contributed by atoms with Crippen LogP contribution in [0.2, 0.25) is 0 Å². The fourth-order valence-electron chi connectivity index (χ4n) is 1.76. The van der Waals surface area contributed by atoms with Crippen LogP contribution < -0.4 is 10.6 Å². The highest BCUT2D eigenvalue weighted by Crippen LogP contribution is 2.25. The van der Waals surface area contributed by atoms with Crippen molar-refractivity contribution in [2.24, 2.45) is 0 Å². The molecule has 11 heavy (non-hydrogen) atoms. The third-order valence-corrected chi connectivity index (χ3v) is 3.99. The van der Waals surface area contributed by atoms with Crippen LogP contribution in [0.1, 0.15) is 12.8 Å². The molecule has 2 aliphatic heterocycles. The number of hydrogen-bond acceptors (Lipinski definition) is 3. The normalized spacial score (nSPS) is 38.2. The molecule has 2 fully saturated rings. The average molecular weight is 172 g/mol. The summed E-state index contributed by atoms with van der Waals surface area (Å²) < 4.78 is 0. The van der Waals surface area contributed by atoms with Crippen LogP contribution in [0.5, 0.6) is 0 Å². The third-order valence-electron chi connectivity index (χ3n) is 2.42. The van der Waals surface area contributed by atoms with Crippen LogP contribution in [0.4, 0.5) is 0 Å². The molecule has 0 aromatic carbocycles. The Morgan fingerprint density at radius 3 is 1.82 bits per heavy atom. The van der Waals surface area contributed by atoms with Gasteiger partial charge in [-0.15, -0.1) is 0 Å². The molecule has 0 radical (unpaired) electrons. The van der Waals surface area contributed by atoms with E-state index in [9.17, 15) is 0 Å². The van der Waals surface area contributed by atoms with Gasteiger partial charge in [0.2, 0.25) is 0 Å². The molecule has 2 heterocycles. The van der Waals surface area contributed by atoms with Crippen LogP contribution in [-0.4, -0.2) is 36.7 Å². The average Bonchev–Trinajstić information content (AvgIpc) is 2.60. The molecule has 0 amide bonds. The molecule has 0 spiro atoms. The van der Waals surface area contributed by atoms with Gasteiger partial charge in [0.25, 0.3) is 0 Å².